The van der Waals surface area contributed by atoms with Gasteiger partial charge < -0.3 is 0 Å². The average molecular weight is 340 g/mol. The Morgan fingerprint density at radius 1 is 1.33 bits per heavy atom. The minimum atomic E-state index is -0.208. The monoisotopic (exact) mass is 340 g/mol. The zero-order chi connectivity index (χ0) is 16.9. The van der Waals surface area contributed by atoms with Gasteiger partial charge in [0.2, 0.25) is 5.78 Å². The van der Waals surface area contributed by atoms with E-state index >= 15 is 0 Å². The first-order chi connectivity index (χ1) is 11.6. The van der Waals surface area contributed by atoms with Crippen molar-refractivity contribution in [2.45, 2.75) is 44.2 Å². The highest BCUT2D eigenvalue weighted by atomic mass is 32.2. The smallest absolute Gasteiger partial charge is 0.265 e. The van der Waals surface area contributed by atoms with E-state index in [1.165, 1.54) is 5.56 Å². The van der Waals surface area contributed by atoms with E-state index in [1.54, 1.807) is 16.2 Å². The number of nitrogens with zero attached hydrogens (tertiary/aromatic N) is 3. The second-order valence-electron chi connectivity index (χ2n) is 6.49. The second-order valence-corrected chi connectivity index (χ2v) is 7.72. The van der Waals surface area contributed by atoms with Crippen molar-refractivity contribution < 1.29 is 0 Å². The van der Waals surface area contributed by atoms with E-state index in [0.29, 0.717) is 10.9 Å². The van der Waals surface area contributed by atoms with Crippen LogP contribution in [0.1, 0.15) is 38.3 Å². The topological polar surface area (TPSA) is 63.0 Å². The van der Waals surface area contributed by atoms with Crippen LogP contribution < -0.4 is 5.56 Å². The van der Waals surface area contributed by atoms with Gasteiger partial charge in [0, 0.05) is 11.0 Å². The van der Waals surface area contributed by atoms with Crippen LogP contribution in [0.25, 0.3) is 17.0 Å². The van der Waals surface area contributed by atoms with Crippen molar-refractivity contribution in [2.24, 2.45) is 0 Å². The first kappa shape index (κ1) is 15.4. The van der Waals surface area contributed by atoms with Crippen molar-refractivity contribution >= 4 is 17.5 Å². The Morgan fingerprint density at radius 2 is 2.12 bits per heavy atom. The van der Waals surface area contributed by atoms with Crippen molar-refractivity contribution in [2.75, 3.05) is 5.75 Å². The highest BCUT2D eigenvalue weighted by Gasteiger charge is 2.38. The van der Waals surface area contributed by atoms with Crippen molar-refractivity contribution in [3.8, 4) is 11.3 Å². The summed E-state index contributed by atoms with van der Waals surface area (Å²) in [4.78, 5) is 18.2. The summed E-state index contributed by atoms with van der Waals surface area (Å²) >= 11 is 1.55. The summed E-state index contributed by atoms with van der Waals surface area (Å²) in [5, 5.41) is 7.89. The van der Waals surface area contributed by atoms with Gasteiger partial charge in [0.25, 0.3) is 5.56 Å². The Kier molecular flexibility index (Phi) is 3.53. The molecular weight excluding hydrogens is 320 g/mol. The van der Waals surface area contributed by atoms with Crippen molar-refractivity contribution in [1.29, 1.82) is 0 Å². The van der Waals surface area contributed by atoms with E-state index in [2.05, 4.69) is 49.2 Å². The van der Waals surface area contributed by atoms with Crippen LogP contribution in [0, 0.1) is 0 Å². The molecule has 0 amide bonds. The Hall–Kier alpha value is -2.08. The number of H-pyrrole nitrogens is 1. The van der Waals surface area contributed by atoms with Gasteiger partial charge in [0.15, 0.2) is 5.16 Å². The van der Waals surface area contributed by atoms with Crippen LogP contribution in [0.4, 0.5) is 0 Å². The Bertz CT molecular complexity index is 990. The molecule has 1 unspecified atom stereocenters. The molecule has 0 radical (unpaired) electrons. The van der Waals surface area contributed by atoms with Crippen LogP contribution in [0.5, 0.6) is 0 Å². The maximum Gasteiger partial charge on any atom is 0.265 e. The molecule has 1 aromatic carbocycles. The SMILES string of the molecule is CCSc1n[nH]c2nc3c(c(=O)n12)C(C)(CC)Cc1ccccc1-3. The summed E-state index contributed by atoms with van der Waals surface area (Å²) in [6.45, 7) is 6.36. The van der Waals surface area contributed by atoms with Crippen LogP contribution in [0.3, 0.4) is 0 Å². The largest absolute Gasteiger partial charge is 0.268 e. The lowest BCUT2D eigenvalue weighted by atomic mass is 9.69. The molecule has 1 N–H and O–H groups in total. The molecule has 1 aliphatic carbocycles. The third-order valence-corrected chi connectivity index (χ3v) is 5.86. The normalized spacial score (nSPS) is 19.3. The van der Waals surface area contributed by atoms with E-state index in [1.807, 2.05) is 6.07 Å². The van der Waals surface area contributed by atoms with Gasteiger partial charge in [0.05, 0.1) is 11.3 Å². The Morgan fingerprint density at radius 3 is 2.88 bits per heavy atom. The molecule has 0 saturated heterocycles. The number of benzene rings is 1. The van der Waals surface area contributed by atoms with Gasteiger partial charge >= 0.3 is 0 Å². The maximum absolute atomic E-state index is 13.4. The van der Waals surface area contributed by atoms with Crippen LogP contribution in [-0.4, -0.2) is 25.3 Å². The van der Waals surface area contributed by atoms with Crippen LogP contribution in [-0.2, 0) is 11.8 Å². The van der Waals surface area contributed by atoms with Crippen molar-refractivity contribution in [1.82, 2.24) is 19.6 Å². The van der Waals surface area contributed by atoms with Gasteiger partial charge in [-0.25, -0.2) is 14.5 Å². The molecule has 0 saturated carbocycles. The molecule has 5 nitrogen and oxygen atoms in total. The van der Waals surface area contributed by atoms with Crippen molar-refractivity contribution in [3.63, 3.8) is 0 Å². The van der Waals surface area contributed by atoms with E-state index in [4.69, 9.17) is 4.98 Å². The van der Waals surface area contributed by atoms with E-state index in [-0.39, 0.29) is 11.0 Å². The molecular formula is C18H20N4OS. The summed E-state index contributed by atoms with van der Waals surface area (Å²) in [7, 11) is 0. The van der Waals surface area contributed by atoms with Gasteiger partial charge in [-0.05, 0) is 24.2 Å². The molecule has 0 spiro atoms. The molecule has 2 heterocycles. The fourth-order valence-electron chi connectivity index (χ4n) is 3.60. The molecule has 1 aliphatic rings. The quantitative estimate of drug-likeness (QED) is 0.742. The number of aromatic nitrogens is 4. The lowest BCUT2D eigenvalue weighted by molar-refractivity contribution is 0.439. The highest BCUT2D eigenvalue weighted by molar-refractivity contribution is 7.99. The first-order valence-corrected chi connectivity index (χ1v) is 9.30. The third kappa shape index (κ3) is 2.05. The summed E-state index contributed by atoms with van der Waals surface area (Å²) in [5.41, 5.74) is 3.76. The molecule has 4 rings (SSSR count). The fraction of sp³-hybridized carbons (Fsp3) is 0.389. The molecule has 0 fully saturated rings. The molecule has 1 atom stereocenters. The number of fused-ring (bicyclic) bond motifs is 4. The summed E-state index contributed by atoms with van der Waals surface area (Å²) in [6.07, 6.45) is 1.76. The minimum absolute atomic E-state index is 0.0125. The predicted molar refractivity (Wildman–Crippen MR) is 96.8 cm³/mol. The van der Waals surface area contributed by atoms with Gasteiger partial charge in [-0.1, -0.05) is 56.8 Å². The number of aromatic amines is 1. The summed E-state index contributed by atoms with van der Waals surface area (Å²) in [6, 6.07) is 8.26. The van der Waals surface area contributed by atoms with E-state index in [0.717, 1.165) is 35.4 Å². The maximum atomic E-state index is 13.4. The lowest BCUT2D eigenvalue weighted by Crippen LogP contribution is -2.37. The fourth-order valence-corrected chi connectivity index (χ4v) is 4.27. The number of hydrogen-bond donors (Lipinski definition) is 1. The third-order valence-electron chi connectivity index (χ3n) is 5.04. The van der Waals surface area contributed by atoms with Crippen LogP contribution in [0.2, 0.25) is 0 Å². The minimum Gasteiger partial charge on any atom is -0.268 e. The first-order valence-electron chi connectivity index (χ1n) is 8.31. The van der Waals surface area contributed by atoms with Crippen molar-refractivity contribution in [3.05, 3.63) is 45.7 Å². The molecule has 3 aromatic rings. The lowest BCUT2D eigenvalue weighted by Gasteiger charge is -2.34. The molecule has 124 valence electrons. The highest BCUT2D eigenvalue weighted by Crippen LogP contribution is 2.42. The summed E-state index contributed by atoms with van der Waals surface area (Å²) in [5.74, 6) is 1.38. The van der Waals surface area contributed by atoms with Gasteiger partial charge in [-0.15, -0.1) is 5.10 Å². The zero-order valence-electron chi connectivity index (χ0n) is 14.1. The molecule has 2 aromatic heterocycles. The molecule has 0 bridgehead atoms. The van der Waals surface area contributed by atoms with E-state index < -0.39 is 0 Å². The average Bonchev–Trinajstić information content (AvgIpc) is 2.98. The number of nitrogens with one attached hydrogen (secondary N) is 1. The number of thioether (sulfide) groups is 1. The standard InChI is InChI=1S/C18H20N4OS/c1-4-18(3)10-11-8-6-7-9-12(11)14-13(18)15(23)22-16(19-14)20-21-17(22)24-5-2/h6-9H,4-5,10H2,1-3H3,(H,19,20). The van der Waals surface area contributed by atoms with Crippen LogP contribution in [0.15, 0.2) is 34.2 Å². The molecule has 0 aliphatic heterocycles. The van der Waals surface area contributed by atoms with Gasteiger partial charge in [0.1, 0.15) is 0 Å². The zero-order valence-corrected chi connectivity index (χ0v) is 14.9. The Balaban J connectivity index is 2.11. The van der Waals surface area contributed by atoms with Crippen LogP contribution >= 0.6 is 11.8 Å². The van der Waals surface area contributed by atoms with E-state index in [9.17, 15) is 4.79 Å². The number of rotatable bonds is 3. The second kappa shape index (κ2) is 5.48. The molecule has 6 heteroatoms. The molecule has 24 heavy (non-hydrogen) atoms. The predicted octanol–water partition coefficient (Wildman–Crippen LogP) is 3.42. The van der Waals surface area contributed by atoms with Gasteiger partial charge in [-0.3, -0.25) is 4.79 Å². The van der Waals surface area contributed by atoms with Gasteiger partial charge in [-0.2, -0.15) is 0 Å². The summed E-state index contributed by atoms with van der Waals surface area (Å²) < 4.78 is 1.63. The Labute approximate surface area is 144 Å². The number of hydrogen-bond acceptors (Lipinski definition) is 4.